The number of aromatic nitrogens is 3. The van der Waals surface area contributed by atoms with Gasteiger partial charge in [0.15, 0.2) is 0 Å². The monoisotopic (exact) mass is 299 g/mol. The molecular weight excluding hydrogens is 286 g/mol. The summed E-state index contributed by atoms with van der Waals surface area (Å²) in [6.45, 7) is 0.370. The van der Waals surface area contributed by atoms with Crippen LogP contribution in [0.4, 0.5) is 0 Å². The van der Waals surface area contributed by atoms with Crippen LogP contribution in [0.3, 0.4) is 0 Å². The Kier molecular flexibility index (Phi) is 3.79. The van der Waals surface area contributed by atoms with Crippen molar-refractivity contribution in [3.05, 3.63) is 85.1 Å². The highest BCUT2D eigenvalue weighted by Crippen LogP contribution is 2.14. The van der Waals surface area contributed by atoms with Crippen molar-refractivity contribution in [2.24, 2.45) is 0 Å². The summed E-state index contributed by atoms with van der Waals surface area (Å²) in [5, 5.41) is 2.84. The molecule has 0 bridgehead atoms. The van der Waals surface area contributed by atoms with Crippen molar-refractivity contribution in [3.63, 3.8) is 0 Å². The standard InChI is InChI=1S/C15H13N3O2S/c19-13-6-7-18(15(20)17-13)9-14-16-12(10-21-14)8-11-4-2-1-3-5-11/h1-7,10H,8-9H2,(H,17,19,20). The SMILES string of the molecule is O=c1ccn(Cc2nc(Cc3ccccc3)cs2)c(=O)[nH]1. The smallest absolute Gasteiger partial charge is 0.294 e. The first-order valence-corrected chi connectivity index (χ1v) is 7.36. The minimum Gasteiger partial charge on any atom is -0.294 e. The van der Waals surface area contributed by atoms with E-state index in [0.717, 1.165) is 17.1 Å². The molecule has 3 aromatic rings. The van der Waals surface area contributed by atoms with E-state index in [1.165, 1.54) is 33.7 Å². The second kappa shape index (κ2) is 5.88. The number of H-pyrrole nitrogens is 1. The zero-order chi connectivity index (χ0) is 14.7. The van der Waals surface area contributed by atoms with E-state index in [1.54, 1.807) is 0 Å². The van der Waals surface area contributed by atoms with E-state index < -0.39 is 5.69 Å². The Hall–Kier alpha value is -2.47. The van der Waals surface area contributed by atoms with E-state index in [4.69, 9.17) is 0 Å². The predicted octanol–water partition coefficient (Wildman–Crippen LogP) is 1.63. The Morgan fingerprint density at radius 3 is 2.71 bits per heavy atom. The summed E-state index contributed by atoms with van der Waals surface area (Å²) in [6, 6.07) is 11.4. The number of nitrogens with one attached hydrogen (secondary N) is 1. The van der Waals surface area contributed by atoms with Gasteiger partial charge in [-0.05, 0) is 5.56 Å². The summed E-state index contributed by atoms with van der Waals surface area (Å²) in [6.07, 6.45) is 2.26. The van der Waals surface area contributed by atoms with Crippen LogP contribution in [-0.2, 0) is 13.0 Å². The van der Waals surface area contributed by atoms with Crippen LogP contribution in [0.15, 0.2) is 57.6 Å². The highest BCUT2D eigenvalue weighted by Gasteiger charge is 2.05. The van der Waals surface area contributed by atoms with Crippen LogP contribution >= 0.6 is 11.3 Å². The second-order valence-corrected chi connectivity index (χ2v) is 5.58. The maximum Gasteiger partial charge on any atom is 0.328 e. The molecule has 0 spiro atoms. The summed E-state index contributed by atoms with van der Waals surface area (Å²) in [5.41, 5.74) is 1.39. The molecule has 6 heteroatoms. The largest absolute Gasteiger partial charge is 0.328 e. The maximum absolute atomic E-state index is 11.6. The molecule has 3 rings (SSSR count). The van der Waals surface area contributed by atoms with Crippen LogP contribution in [0.2, 0.25) is 0 Å². The lowest BCUT2D eigenvalue weighted by Gasteiger charge is -2.00. The molecule has 2 aromatic heterocycles. The van der Waals surface area contributed by atoms with Gasteiger partial charge in [0.2, 0.25) is 0 Å². The molecule has 106 valence electrons. The van der Waals surface area contributed by atoms with E-state index >= 15 is 0 Å². The molecule has 0 fully saturated rings. The third-order valence-electron chi connectivity index (χ3n) is 3.03. The van der Waals surface area contributed by atoms with Gasteiger partial charge in [-0.1, -0.05) is 30.3 Å². The quantitative estimate of drug-likeness (QED) is 0.796. The normalized spacial score (nSPS) is 10.7. The fourth-order valence-electron chi connectivity index (χ4n) is 2.02. The van der Waals surface area contributed by atoms with Crippen molar-refractivity contribution in [3.8, 4) is 0 Å². The molecule has 2 heterocycles. The van der Waals surface area contributed by atoms with Crippen molar-refractivity contribution in [1.29, 1.82) is 0 Å². The average Bonchev–Trinajstić information content (AvgIpc) is 2.90. The molecule has 0 aliphatic heterocycles. The molecule has 0 aliphatic carbocycles. The number of hydrogen-bond donors (Lipinski definition) is 1. The van der Waals surface area contributed by atoms with Crippen LogP contribution < -0.4 is 11.2 Å². The van der Waals surface area contributed by atoms with Crippen molar-refractivity contribution >= 4 is 11.3 Å². The van der Waals surface area contributed by atoms with E-state index in [-0.39, 0.29) is 5.56 Å². The molecule has 0 radical (unpaired) electrons. The van der Waals surface area contributed by atoms with Crippen LogP contribution in [0.1, 0.15) is 16.3 Å². The Labute approximate surface area is 124 Å². The molecule has 0 unspecified atom stereocenters. The fourth-order valence-corrected chi connectivity index (χ4v) is 2.81. The predicted molar refractivity (Wildman–Crippen MR) is 81.8 cm³/mol. The minimum atomic E-state index is -0.415. The lowest BCUT2D eigenvalue weighted by Crippen LogP contribution is -2.28. The molecule has 0 atom stereocenters. The van der Waals surface area contributed by atoms with Crippen LogP contribution in [-0.4, -0.2) is 14.5 Å². The van der Waals surface area contributed by atoms with E-state index in [9.17, 15) is 9.59 Å². The summed E-state index contributed by atoms with van der Waals surface area (Å²) in [5.74, 6) is 0. The fraction of sp³-hybridized carbons (Fsp3) is 0.133. The topological polar surface area (TPSA) is 67.8 Å². The molecule has 5 nitrogen and oxygen atoms in total. The summed E-state index contributed by atoms with van der Waals surface area (Å²) < 4.78 is 1.44. The third-order valence-corrected chi connectivity index (χ3v) is 3.91. The first kappa shape index (κ1) is 13.5. The molecule has 21 heavy (non-hydrogen) atoms. The lowest BCUT2D eigenvalue weighted by atomic mass is 10.1. The average molecular weight is 299 g/mol. The summed E-state index contributed by atoms with van der Waals surface area (Å²) in [4.78, 5) is 29.4. The van der Waals surface area contributed by atoms with Crippen LogP contribution in [0.5, 0.6) is 0 Å². The van der Waals surface area contributed by atoms with Gasteiger partial charge in [-0.2, -0.15) is 0 Å². The van der Waals surface area contributed by atoms with Crippen molar-refractivity contribution in [2.75, 3.05) is 0 Å². The van der Waals surface area contributed by atoms with Gasteiger partial charge >= 0.3 is 5.69 Å². The Bertz CT molecular complexity index is 849. The number of nitrogens with zero attached hydrogens (tertiary/aromatic N) is 2. The van der Waals surface area contributed by atoms with Crippen molar-refractivity contribution in [2.45, 2.75) is 13.0 Å². The van der Waals surface area contributed by atoms with Gasteiger partial charge in [-0.3, -0.25) is 14.3 Å². The molecule has 0 amide bonds. The molecule has 0 saturated carbocycles. The van der Waals surface area contributed by atoms with Crippen molar-refractivity contribution < 1.29 is 0 Å². The summed E-state index contributed by atoms with van der Waals surface area (Å²) in [7, 11) is 0. The Morgan fingerprint density at radius 2 is 1.95 bits per heavy atom. The third kappa shape index (κ3) is 3.35. The number of aromatic amines is 1. The van der Waals surface area contributed by atoms with E-state index in [2.05, 4.69) is 22.1 Å². The number of thiazole rings is 1. The van der Waals surface area contributed by atoms with E-state index in [1.807, 2.05) is 23.6 Å². The molecule has 0 saturated heterocycles. The lowest BCUT2D eigenvalue weighted by molar-refractivity contribution is 0.714. The molecule has 0 aliphatic rings. The molecule has 1 aromatic carbocycles. The van der Waals surface area contributed by atoms with Gasteiger partial charge in [-0.25, -0.2) is 9.78 Å². The number of hydrogen-bond acceptors (Lipinski definition) is 4. The minimum absolute atomic E-state index is 0.370. The van der Waals surface area contributed by atoms with Gasteiger partial charge in [0.25, 0.3) is 5.56 Å². The number of benzene rings is 1. The second-order valence-electron chi connectivity index (χ2n) is 4.63. The molecule has 1 N–H and O–H groups in total. The van der Waals surface area contributed by atoms with Gasteiger partial charge in [0, 0.05) is 24.1 Å². The highest BCUT2D eigenvalue weighted by molar-refractivity contribution is 7.09. The first-order valence-electron chi connectivity index (χ1n) is 6.48. The van der Waals surface area contributed by atoms with Gasteiger partial charge < -0.3 is 0 Å². The van der Waals surface area contributed by atoms with Gasteiger partial charge in [0.05, 0.1) is 12.2 Å². The van der Waals surface area contributed by atoms with Crippen LogP contribution in [0.25, 0.3) is 0 Å². The Morgan fingerprint density at radius 1 is 1.14 bits per heavy atom. The zero-order valence-electron chi connectivity index (χ0n) is 11.2. The van der Waals surface area contributed by atoms with E-state index in [0.29, 0.717) is 6.54 Å². The first-order chi connectivity index (χ1) is 10.2. The number of rotatable bonds is 4. The van der Waals surface area contributed by atoms with Gasteiger partial charge in [-0.15, -0.1) is 11.3 Å². The maximum atomic E-state index is 11.6. The highest BCUT2D eigenvalue weighted by atomic mass is 32.1. The zero-order valence-corrected chi connectivity index (χ0v) is 12.0. The van der Waals surface area contributed by atoms with Gasteiger partial charge in [0.1, 0.15) is 5.01 Å². The molecular formula is C15H13N3O2S. The van der Waals surface area contributed by atoms with Crippen LogP contribution in [0, 0.1) is 0 Å². The Balaban J connectivity index is 1.76. The summed E-state index contributed by atoms with van der Waals surface area (Å²) >= 11 is 1.51. The van der Waals surface area contributed by atoms with Crippen molar-refractivity contribution in [1.82, 2.24) is 14.5 Å².